The van der Waals surface area contributed by atoms with Gasteiger partial charge in [0, 0.05) is 6.04 Å². The van der Waals surface area contributed by atoms with Crippen molar-refractivity contribution in [2.75, 3.05) is 0 Å². The molecule has 0 unspecified atom stereocenters. The topological polar surface area (TPSA) is 95.4 Å². The van der Waals surface area contributed by atoms with Gasteiger partial charge in [0.2, 0.25) is 10.0 Å². The zero-order chi connectivity index (χ0) is 13.2. The van der Waals surface area contributed by atoms with E-state index >= 15 is 0 Å². The Morgan fingerprint density at radius 2 is 1.61 bits per heavy atom. The zero-order valence-corrected chi connectivity index (χ0v) is 10.9. The highest BCUT2D eigenvalue weighted by atomic mass is 32.2. The molecule has 18 heavy (non-hydrogen) atoms. The smallest absolute Gasteiger partial charge is 0.238 e. The van der Waals surface area contributed by atoms with E-state index < -0.39 is 10.0 Å². The van der Waals surface area contributed by atoms with Crippen molar-refractivity contribution in [2.24, 2.45) is 10.9 Å². The van der Waals surface area contributed by atoms with E-state index in [0.717, 1.165) is 25.7 Å². The maximum atomic E-state index is 11.1. The molecule has 1 aliphatic carbocycles. The molecule has 2 rings (SSSR count). The molecule has 6 heteroatoms. The van der Waals surface area contributed by atoms with Crippen molar-refractivity contribution >= 4 is 10.0 Å². The number of hydrogen-bond acceptors (Lipinski definition) is 4. The first-order valence-corrected chi connectivity index (χ1v) is 7.55. The summed E-state index contributed by atoms with van der Waals surface area (Å²) >= 11 is 0. The highest BCUT2D eigenvalue weighted by molar-refractivity contribution is 7.89. The zero-order valence-electron chi connectivity index (χ0n) is 10.1. The fraction of sp³-hybridized carbons (Fsp3) is 0.500. The Hall–Kier alpha value is -1.11. The van der Waals surface area contributed by atoms with Crippen molar-refractivity contribution < 1.29 is 13.2 Å². The van der Waals surface area contributed by atoms with E-state index in [1.54, 1.807) is 12.1 Å². The molecule has 1 aromatic rings. The number of sulfonamides is 1. The van der Waals surface area contributed by atoms with Crippen LogP contribution in [0.2, 0.25) is 0 Å². The Bertz CT molecular complexity index is 491. The summed E-state index contributed by atoms with van der Waals surface area (Å²) < 4.78 is 28.0. The summed E-state index contributed by atoms with van der Waals surface area (Å²) in [5.74, 6) is 0.669. The lowest BCUT2D eigenvalue weighted by Crippen LogP contribution is -2.31. The van der Waals surface area contributed by atoms with E-state index in [1.807, 2.05) is 0 Å². The summed E-state index contributed by atoms with van der Waals surface area (Å²) in [5.41, 5.74) is 5.82. The van der Waals surface area contributed by atoms with Gasteiger partial charge in [-0.3, -0.25) is 0 Å². The van der Waals surface area contributed by atoms with E-state index in [-0.39, 0.29) is 17.0 Å². The van der Waals surface area contributed by atoms with Crippen LogP contribution in [0.5, 0.6) is 5.75 Å². The van der Waals surface area contributed by atoms with Gasteiger partial charge in [0.15, 0.2) is 0 Å². The Balaban J connectivity index is 1.98. The SMILES string of the molecule is NC1CCC(Oc2ccc(S(N)(=O)=O)cc2)CC1. The van der Waals surface area contributed by atoms with Crippen LogP contribution in [-0.4, -0.2) is 20.6 Å². The quantitative estimate of drug-likeness (QED) is 0.856. The lowest BCUT2D eigenvalue weighted by atomic mass is 9.94. The first-order chi connectivity index (χ1) is 8.45. The number of benzene rings is 1. The van der Waals surface area contributed by atoms with Crippen molar-refractivity contribution in [3.63, 3.8) is 0 Å². The van der Waals surface area contributed by atoms with Gasteiger partial charge in [-0.05, 0) is 49.9 Å². The van der Waals surface area contributed by atoms with Gasteiger partial charge in [-0.15, -0.1) is 0 Å². The number of nitrogens with two attached hydrogens (primary N) is 2. The highest BCUT2D eigenvalue weighted by Gasteiger charge is 2.19. The van der Waals surface area contributed by atoms with E-state index in [1.165, 1.54) is 12.1 Å². The highest BCUT2D eigenvalue weighted by Crippen LogP contribution is 2.23. The third kappa shape index (κ3) is 3.44. The molecule has 0 saturated heterocycles. The van der Waals surface area contributed by atoms with Crippen LogP contribution in [0.1, 0.15) is 25.7 Å². The largest absolute Gasteiger partial charge is 0.490 e. The predicted molar refractivity (Wildman–Crippen MR) is 68.7 cm³/mol. The van der Waals surface area contributed by atoms with Crippen LogP contribution in [0.3, 0.4) is 0 Å². The normalized spacial score (nSPS) is 24.8. The number of hydrogen-bond donors (Lipinski definition) is 2. The first kappa shape index (κ1) is 13.3. The average molecular weight is 270 g/mol. The van der Waals surface area contributed by atoms with E-state index in [2.05, 4.69) is 0 Å². The Kier molecular flexibility index (Phi) is 3.89. The van der Waals surface area contributed by atoms with Crippen molar-refractivity contribution in [1.82, 2.24) is 0 Å². The Morgan fingerprint density at radius 3 is 2.11 bits per heavy atom. The Labute approximate surface area is 107 Å². The summed E-state index contributed by atoms with van der Waals surface area (Å²) in [6.07, 6.45) is 4.00. The standard InChI is InChI=1S/C12H18N2O3S/c13-9-1-3-10(4-2-9)17-11-5-7-12(8-6-11)18(14,15)16/h5-10H,1-4,13H2,(H2,14,15,16). The molecule has 100 valence electrons. The number of rotatable bonds is 3. The molecule has 5 nitrogen and oxygen atoms in total. The van der Waals surface area contributed by atoms with Gasteiger partial charge < -0.3 is 10.5 Å². The molecule has 0 aromatic heterocycles. The Morgan fingerprint density at radius 1 is 1.06 bits per heavy atom. The molecule has 1 saturated carbocycles. The molecule has 1 fully saturated rings. The summed E-state index contributed by atoms with van der Waals surface area (Å²) in [4.78, 5) is 0.0977. The second-order valence-corrected chi connectivity index (χ2v) is 6.23. The maximum absolute atomic E-state index is 11.1. The molecule has 0 aliphatic heterocycles. The van der Waals surface area contributed by atoms with Gasteiger partial charge in [-0.25, -0.2) is 13.6 Å². The van der Waals surface area contributed by atoms with E-state index in [4.69, 9.17) is 15.6 Å². The average Bonchev–Trinajstić information content (AvgIpc) is 2.32. The summed E-state index contributed by atoms with van der Waals surface area (Å²) in [6, 6.07) is 6.47. The second-order valence-electron chi connectivity index (χ2n) is 4.67. The van der Waals surface area contributed by atoms with Gasteiger partial charge in [-0.2, -0.15) is 0 Å². The number of ether oxygens (including phenoxy) is 1. The third-order valence-corrected chi connectivity index (χ3v) is 4.10. The molecule has 4 N–H and O–H groups in total. The molecular formula is C12H18N2O3S. The van der Waals surface area contributed by atoms with Crippen LogP contribution in [0.25, 0.3) is 0 Å². The molecule has 0 radical (unpaired) electrons. The van der Waals surface area contributed by atoms with Crippen LogP contribution in [0.15, 0.2) is 29.2 Å². The lowest BCUT2D eigenvalue weighted by molar-refractivity contribution is 0.147. The summed E-state index contributed by atoms with van der Waals surface area (Å²) in [5, 5.41) is 5.02. The molecule has 0 spiro atoms. The summed E-state index contributed by atoms with van der Waals surface area (Å²) in [6.45, 7) is 0. The fourth-order valence-corrected chi connectivity index (χ4v) is 2.62. The second kappa shape index (κ2) is 5.26. The minimum atomic E-state index is -3.63. The molecule has 0 amide bonds. The van der Waals surface area contributed by atoms with E-state index in [0.29, 0.717) is 5.75 Å². The third-order valence-electron chi connectivity index (χ3n) is 3.17. The van der Waals surface area contributed by atoms with Crippen LogP contribution in [0, 0.1) is 0 Å². The van der Waals surface area contributed by atoms with Crippen molar-refractivity contribution in [3.05, 3.63) is 24.3 Å². The monoisotopic (exact) mass is 270 g/mol. The van der Waals surface area contributed by atoms with Crippen LogP contribution in [-0.2, 0) is 10.0 Å². The molecular weight excluding hydrogens is 252 g/mol. The van der Waals surface area contributed by atoms with Gasteiger partial charge in [0.1, 0.15) is 5.75 Å². The molecule has 1 aromatic carbocycles. The van der Waals surface area contributed by atoms with Crippen molar-refractivity contribution in [3.8, 4) is 5.75 Å². The predicted octanol–water partition coefficient (Wildman–Crippen LogP) is 0.983. The first-order valence-electron chi connectivity index (χ1n) is 6.00. The van der Waals surface area contributed by atoms with Crippen LogP contribution >= 0.6 is 0 Å². The van der Waals surface area contributed by atoms with Crippen molar-refractivity contribution in [1.29, 1.82) is 0 Å². The van der Waals surface area contributed by atoms with E-state index in [9.17, 15) is 8.42 Å². The minimum absolute atomic E-state index is 0.0977. The molecule has 0 heterocycles. The van der Waals surface area contributed by atoms with Gasteiger partial charge >= 0.3 is 0 Å². The molecule has 0 atom stereocenters. The van der Waals surface area contributed by atoms with Crippen molar-refractivity contribution in [2.45, 2.75) is 42.7 Å². The van der Waals surface area contributed by atoms with Crippen LogP contribution < -0.4 is 15.6 Å². The maximum Gasteiger partial charge on any atom is 0.238 e. The van der Waals surface area contributed by atoms with Crippen LogP contribution in [0.4, 0.5) is 0 Å². The van der Waals surface area contributed by atoms with Gasteiger partial charge in [-0.1, -0.05) is 0 Å². The molecule has 1 aliphatic rings. The number of primary sulfonamides is 1. The fourth-order valence-electron chi connectivity index (χ4n) is 2.11. The minimum Gasteiger partial charge on any atom is -0.490 e. The summed E-state index contributed by atoms with van der Waals surface area (Å²) in [7, 11) is -3.63. The lowest BCUT2D eigenvalue weighted by Gasteiger charge is -2.26. The van der Waals surface area contributed by atoms with Gasteiger partial charge in [0.05, 0.1) is 11.0 Å². The van der Waals surface area contributed by atoms with Gasteiger partial charge in [0.25, 0.3) is 0 Å². The molecule has 0 bridgehead atoms.